The number of methoxy groups -OCH3 is 2. The van der Waals surface area contributed by atoms with Gasteiger partial charge in [0.25, 0.3) is 0 Å². The van der Waals surface area contributed by atoms with Crippen molar-refractivity contribution in [3.05, 3.63) is 205 Å². The van der Waals surface area contributed by atoms with Crippen LogP contribution >= 0.6 is 0 Å². The van der Waals surface area contributed by atoms with E-state index in [1.165, 1.54) is 25.3 Å². The average Bonchev–Trinajstić information content (AvgIpc) is 1.71. The molecule has 0 spiro atoms. The highest BCUT2D eigenvalue weighted by Crippen LogP contribution is 2.32. The van der Waals surface area contributed by atoms with Crippen molar-refractivity contribution in [2.45, 2.75) is 70.6 Å². The van der Waals surface area contributed by atoms with E-state index in [-0.39, 0.29) is 76.3 Å². The summed E-state index contributed by atoms with van der Waals surface area (Å²) >= 11 is 0. The predicted molar refractivity (Wildman–Crippen MR) is 514 cm³/mol. The lowest BCUT2D eigenvalue weighted by atomic mass is 9.93. The van der Waals surface area contributed by atoms with Crippen LogP contribution in [0.4, 0.5) is 29.1 Å². The number of hydrogen-bond donors (Lipinski definition) is 8. The van der Waals surface area contributed by atoms with Crippen molar-refractivity contribution in [3.63, 3.8) is 0 Å². The molecule has 15 heterocycles. The molecule has 8 N–H and O–H groups in total. The number of para-hydroxylation sites is 1. The monoisotopic (exact) mass is 1910 g/mol. The van der Waals surface area contributed by atoms with Crippen LogP contribution in [-0.2, 0) is 38.6 Å². The molecule has 43 heteroatoms. The van der Waals surface area contributed by atoms with Crippen molar-refractivity contribution >= 4 is 50.9 Å². The molecule has 5 aliphatic rings. The van der Waals surface area contributed by atoms with Crippen molar-refractivity contribution in [1.82, 2.24) is 98.7 Å². The Morgan fingerprint density at radius 2 is 0.741 bits per heavy atom. The van der Waals surface area contributed by atoms with E-state index in [1.54, 1.807) is 29.6 Å². The van der Waals surface area contributed by atoms with E-state index in [4.69, 9.17) is 72.9 Å². The number of aromatic nitrogens is 20. The first-order valence-corrected chi connectivity index (χ1v) is 46.0. The molecule has 5 atom stereocenters. The Kier molecular flexibility index (Phi) is 35.1. The molecule has 10 aromatic heterocycles. The van der Waals surface area contributed by atoms with Gasteiger partial charge < -0.3 is 113 Å². The number of aryl methyl sites for hydroxylation is 2. The number of morpholine rings is 5. The van der Waals surface area contributed by atoms with Crippen molar-refractivity contribution < 1.29 is 88.2 Å². The maximum absolute atomic E-state index is 10.4. The predicted octanol–water partition coefficient (Wildman–Crippen LogP) is 5.60. The summed E-state index contributed by atoms with van der Waals surface area (Å²) in [5.41, 5.74) is 8.85. The van der Waals surface area contributed by atoms with E-state index in [0.717, 1.165) is 127 Å². The third kappa shape index (κ3) is 27.2. The van der Waals surface area contributed by atoms with Gasteiger partial charge >= 0.3 is 18.0 Å². The number of nitrogens with zero attached hydrogens (tertiary/aromatic N) is 25. The molecular weight excluding hydrogens is 1790 g/mol. The van der Waals surface area contributed by atoms with Gasteiger partial charge in [0.15, 0.2) is 40.7 Å². The third-order valence-corrected chi connectivity index (χ3v) is 22.6. The maximum Gasteiger partial charge on any atom is 0.320 e. The molecule has 5 unspecified atom stereocenters. The molecule has 14 aromatic rings. The summed E-state index contributed by atoms with van der Waals surface area (Å²) < 4.78 is 62.6. The zero-order valence-corrected chi connectivity index (χ0v) is 78.8. The van der Waals surface area contributed by atoms with E-state index < -0.39 is 30.5 Å². The lowest BCUT2D eigenvalue weighted by Crippen LogP contribution is -2.37. The summed E-state index contributed by atoms with van der Waals surface area (Å²) in [6, 6.07) is 47.7. The van der Waals surface area contributed by atoms with Crippen LogP contribution in [0.3, 0.4) is 0 Å². The number of rotatable bonds is 30. The molecule has 4 aromatic carbocycles. The zero-order chi connectivity index (χ0) is 97.2. The second-order valence-electron chi connectivity index (χ2n) is 34.0. The number of benzene rings is 4. The normalized spacial score (nSPS) is 15.8. The molecule has 5 aliphatic heterocycles. The van der Waals surface area contributed by atoms with E-state index in [9.17, 15) is 25.5 Å². The topological polar surface area (TPSA) is 488 Å². The van der Waals surface area contributed by atoms with Crippen LogP contribution in [0.2, 0.25) is 0 Å². The van der Waals surface area contributed by atoms with Gasteiger partial charge in [-0.05, 0) is 56.3 Å². The lowest BCUT2D eigenvalue weighted by Gasteiger charge is -2.28. The first kappa shape index (κ1) is 100. The second kappa shape index (κ2) is 48.8. The van der Waals surface area contributed by atoms with Crippen molar-refractivity contribution in [3.8, 4) is 69.6 Å². The van der Waals surface area contributed by atoms with Gasteiger partial charge in [-0.25, -0.2) is 43.3 Å². The molecule has 736 valence electrons. The number of fused-ring (bicyclic) bond motifs is 2. The highest BCUT2D eigenvalue weighted by atomic mass is 16.5. The fraction of sp³-hybridized carbons (Fsp3) is 0.427. The van der Waals surface area contributed by atoms with Crippen molar-refractivity contribution in [2.75, 3.05) is 223 Å². The Balaban J connectivity index is 0.000000132. The molecule has 0 amide bonds. The van der Waals surface area contributed by atoms with Gasteiger partial charge in [0.2, 0.25) is 0 Å². The van der Waals surface area contributed by atoms with Crippen LogP contribution in [0.15, 0.2) is 177 Å². The first-order valence-electron chi connectivity index (χ1n) is 46.0. The SMILES string of the molecule is CC(C)(C)c1ccn(-c2cc(N3CCOCC3)nc(OCC(O)CO)n2)n1.COC(CO)c1nc(N2CCOCC2)cc(-n2ccc(-c3cccc(C)c3)n2)n1.COCC(O)c1nc(N2CCOCC2)cc(-n2ccc(-c3cccc(C)c3)n2)n1.OCC(O)COc1nc(N2CCOCC2)cc(-n2cc3ccccc3n2)n1.OCC(O)COc1nc(N2CCOCC2)cc(-n2ncc3ccccc32)n1. The molecule has 5 fully saturated rings. The molecule has 19 rings (SSSR count). The standard InChI is InChI=1S/2C21H25N5O3.2C18H21N5O4.C18H27N5O4/c1-15-4-3-5-16(12-15)17-6-7-26(24-17)20-13-19(25-8-10-29-11-9-25)22-21(23-20)18(27)14-28-2;1-15-4-3-5-16(12-15)17-6-7-26(24-17)20-13-19(25-8-10-29-11-9-25)22-21(23-20)18(14-27)28-2;24-11-14(25)12-27-18-19-16(22-5-7-26-8-6-22)9-17(20-18)23-10-13-3-1-2-4-15(13)21-23;24-11-14(25)12-27-18-20-16(22-5-7-26-8-6-22)9-17(21-18)23-15-4-2-1-3-13(15)10-19-23;1-18(2,3)14-4-5-23(21-14)16-10-15(22-6-8-26-9-7-22)19-17(20-16)27-12-13(25)11-24/h2*3-7,12-13,18,27H,8-11,14H2,1-2H3;2*1-4,9-10,14,24-25H,5-8,11-12H2;4-5,10,13,24-25H,6-9,11-12H2,1-3H3. The number of anilines is 5. The van der Waals surface area contributed by atoms with Gasteiger partial charge in [0.05, 0.1) is 133 Å². The molecular formula is C96H119N25O18. The fourth-order valence-corrected chi connectivity index (χ4v) is 15.0. The van der Waals surface area contributed by atoms with Gasteiger partial charge in [-0.3, -0.25) is 0 Å². The van der Waals surface area contributed by atoms with Gasteiger partial charge in [0.1, 0.15) is 79.4 Å². The minimum Gasteiger partial charge on any atom is -0.461 e. The molecule has 43 nitrogen and oxygen atoms in total. The highest BCUT2D eigenvalue weighted by Gasteiger charge is 2.28. The third-order valence-electron chi connectivity index (χ3n) is 22.6. The van der Waals surface area contributed by atoms with Crippen LogP contribution in [-0.4, -0.2) is 356 Å². The second-order valence-corrected chi connectivity index (χ2v) is 34.0. The molecule has 5 saturated heterocycles. The Hall–Kier alpha value is -13.4. The van der Waals surface area contributed by atoms with Crippen LogP contribution in [0.1, 0.15) is 61.4 Å². The number of aliphatic hydroxyl groups is 8. The van der Waals surface area contributed by atoms with Crippen LogP contribution in [0.25, 0.3) is 73.4 Å². The largest absolute Gasteiger partial charge is 0.461 e. The van der Waals surface area contributed by atoms with Crippen LogP contribution < -0.4 is 38.7 Å². The van der Waals surface area contributed by atoms with Crippen LogP contribution in [0.5, 0.6) is 18.0 Å². The highest BCUT2D eigenvalue weighted by molar-refractivity contribution is 5.80. The maximum atomic E-state index is 10.4. The smallest absolute Gasteiger partial charge is 0.320 e. The molecule has 0 saturated carbocycles. The minimum atomic E-state index is -0.991. The summed E-state index contributed by atoms with van der Waals surface area (Å²) in [7, 11) is 3.08. The summed E-state index contributed by atoms with van der Waals surface area (Å²) in [6.07, 6.45) is 4.82. The minimum absolute atomic E-state index is 0.0735. The van der Waals surface area contributed by atoms with E-state index in [1.807, 2.05) is 146 Å². The van der Waals surface area contributed by atoms with Crippen molar-refractivity contribution in [2.24, 2.45) is 0 Å². The van der Waals surface area contributed by atoms with Gasteiger partial charge in [0, 0.05) is 162 Å². The molecule has 0 aliphatic carbocycles. The average molecular weight is 1910 g/mol. The molecule has 0 radical (unpaired) electrons. The molecule has 139 heavy (non-hydrogen) atoms. The van der Waals surface area contributed by atoms with Crippen molar-refractivity contribution in [1.29, 1.82) is 0 Å². The molecule has 0 bridgehead atoms. The summed E-state index contributed by atoms with van der Waals surface area (Å²) in [6.45, 7) is 22.6. The Labute approximate surface area is 802 Å². The Morgan fingerprint density at radius 3 is 1.16 bits per heavy atom. The lowest BCUT2D eigenvalue weighted by molar-refractivity contribution is 0.0422. The first-order chi connectivity index (χ1) is 67.6. The van der Waals surface area contributed by atoms with Gasteiger partial charge in [-0.15, -0.1) is 0 Å². The van der Waals surface area contributed by atoms with Gasteiger partial charge in [-0.2, -0.15) is 55.4 Å². The number of hydrogen-bond acceptors (Lipinski definition) is 38. The quantitative estimate of drug-likeness (QED) is 0.0271. The van der Waals surface area contributed by atoms with Gasteiger partial charge in [-0.1, -0.05) is 105 Å². The van der Waals surface area contributed by atoms with E-state index in [2.05, 4.69) is 149 Å². The summed E-state index contributed by atoms with van der Waals surface area (Å²) in [5, 5.41) is 101. The summed E-state index contributed by atoms with van der Waals surface area (Å²) in [5.74, 6) is 7.34. The van der Waals surface area contributed by atoms with Crippen LogP contribution in [0, 0.1) is 13.8 Å². The number of ether oxygens (including phenoxy) is 10. The Bertz CT molecular complexity index is 6180. The number of aliphatic hydroxyl groups excluding tert-OH is 8. The Morgan fingerprint density at radius 1 is 0.367 bits per heavy atom. The zero-order valence-electron chi connectivity index (χ0n) is 78.8. The summed E-state index contributed by atoms with van der Waals surface area (Å²) in [4.78, 5) is 55.5. The fourth-order valence-electron chi connectivity index (χ4n) is 15.0. The van der Waals surface area contributed by atoms with E-state index >= 15 is 0 Å². The van der Waals surface area contributed by atoms with E-state index in [0.29, 0.717) is 124 Å².